The first-order valence-electron chi connectivity index (χ1n) is 2.00. The van der Waals surface area contributed by atoms with Crippen molar-refractivity contribution >= 4 is 9.76 Å². The van der Waals surface area contributed by atoms with Crippen molar-refractivity contribution in [3.05, 3.63) is 25.3 Å². The van der Waals surface area contributed by atoms with Gasteiger partial charge in [-0.1, -0.05) is 12.2 Å². The van der Waals surface area contributed by atoms with Gasteiger partial charge in [-0.05, 0) is 0 Å². The van der Waals surface area contributed by atoms with Crippen molar-refractivity contribution in [1.29, 1.82) is 0 Å². The molecule has 0 rings (SSSR count). The Hall–Kier alpha value is -0.343. The van der Waals surface area contributed by atoms with Crippen molar-refractivity contribution in [3.8, 4) is 0 Å². The van der Waals surface area contributed by atoms with Crippen LogP contribution in [0.3, 0.4) is 0 Å². The third-order valence-corrected chi connectivity index (χ3v) is 1.43. The zero-order chi connectivity index (χ0) is 5.70. The molecule has 2 heteroatoms. The third-order valence-electron chi connectivity index (χ3n) is 0.657. The predicted octanol–water partition coefficient (Wildman–Crippen LogP) is 0.758. The van der Waals surface area contributed by atoms with Crippen LogP contribution in [0.2, 0.25) is 5.54 Å². The monoisotopic (exact) mass is 112 g/mol. The van der Waals surface area contributed by atoms with Crippen LogP contribution in [0.15, 0.2) is 25.3 Å². The number of hydrogen-bond donors (Lipinski definition) is 1. The van der Waals surface area contributed by atoms with Gasteiger partial charge in [0.05, 0.1) is 0 Å². The highest BCUT2D eigenvalue weighted by atomic mass is 28.2. The smallest absolute Gasteiger partial charge is 0.236 e. The van der Waals surface area contributed by atoms with Gasteiger partial charge in [-0.3, -0.25) is 0 Å². The maximum absolute atomic E-state index is 8.41. The predicted molar refractivity (Wildman–Crippen MR) is 32.1 cm³/mol. The highest BCUT2D eigenvalue weighted by Crippen LogP contribution is 2.00. The van der Waals surface area contributed by atoms with Gasteiger partial charge in [0, 0.05) is 5.54 Å². The zero-order valence-electron chi connectivity index (χ0n) is 4.09. The molecular weight excluding hydrogens is 104 g/mol. The van der Waals surface area contributed by atoms with Crippen LogP contribution in [0.1, 0.15) is 0 Å². The lowest BCUT2D eigenvalue weighted by Gasteiger charge is -1.93. The molecule has 0 heterocycles. The van der Waals surface area contributed by atoms with Crippen molar-refractivity contribution in [3.63, 3.8) is 0 Å². The van der Waals surface area contributed by atoms with Crippen LogP contribution in [-0.4, -0.2) is 14.6 Å². The summed E-state index contributed by atoms with van der Waals surface area (Å²) in [5.74, 6) is 0. The molecule has 0 amide bonds. The van der Waals surface area contributed by atoms with Crippen LogP contribution in [0.4, 0.5) is 0 Å². The van der Waals surface area contributed by atoms with E-state index in [1.54, 1.807) is 12.2 Å². The second-order valence-electron chi connectivity index (χ2n) is 1.13. The molecule has 0 saturated heterocycles. The largest absolute Gasteiger partial charge is 0.431 e. The maximum atomic E-state index is 8.41. The minimum atomic E-state index is -0.0872. The lowest BCUT2D eigenvalue weighted by Crippen LogP contribution is -1.93. The molecule has 0 aliphatic heterocycles. The molecule has 0 aliphatic carbocycles. The van der Waals surface area contributed by atoms with Crippen molar-refractivity contribution in [2.45, 2.75) is 5.54 Å². The molecular formula is C5H8OSi. The molecule has 0 bridgehead atoms. The van der Waals surface area contributed by atoms with E-state index in [0.717, 1.165) is 0 Å². The molecule has 0 aromatic rings. The second-order valence-corrected chi connectivity index (χ2v) is 2.05. The quantitative estimate of drug-likeness (QED) is 0.422. The minimum absolute atomic E-state index is 0.0872. The molecule has 1 nitrogen and oxygen atoms in total. The Morgan fingerprint density at radius 1 is 1.43 bits per heavy atom. The number of rotatable bonds is 3. The summed E-state index contributed by atoms with van der Waals surface area (Å²) in [7, 11) is -0.0872. The molecule has 0 aliphatic rings. The summed E-state index contributed by atoms with van der Waals surface area (Å²) in [4.78, 5) is 8.41. The van der Waals surface area contributed by atoms with Gasteiger partial charge < -0.3 is 4.80 Å². The second kappa shape index (κ2) is 3.83. The van der Waals surface area contributed by atoms with Crippen molar-refractivity contribution < 1.29 is 4.80 Å². The van der Waals surface area contributed by atoms with Gasteiger partial charge in [-0.15, -0.1) is 13.2 Å². The summed E-state index contributed by atoms with van der Waals surface area (Å²) in [5.41, 5.74) is 0.0972. The summed E-state index contributed by atoms with van der Waals surface area (Å²) in [6.45, 7) is 6.96. The molecule has 0 aromatic carbocycles. The summed E-state index contributed by atoms with van der Waals surface area (Å²) >= 11 is 0. The van der Waals surface area contributed by atoms with Gasteiger partial charge in [-0.25, -0.2) is 0 Å². The Balaban J connectivity index is 3.36. The molecule has 0 fully saturated rings. The fraction of sp³-hybridized carbons (Fsp3) is 0.200. The molecule has 2 radical (unpaired) electrons. The molecule has 0 unspecified atom stereocenters. The van der Waals surface area contributed by atoms with Crippen molar-refractivity contribution in [2.24, 2.45) is 0 Å². The minimum Gasteiger partial charge on any atom is -0.431 e. The highest BCUT2D eigenvalue weighted by Gasteiger charge is 1.93. The van der Waals surface area contributed by atoms with E-state index in [0.29, 0.717) is 0 Å². The fourth-order valence-corrected chi connectivity index (χ4v) is 0.412. The fourth-order valence-electron chi connectivity index (χ4n) is 0.202. The Morgan fingerprint density at radius 3 is 1.86 bits per heavy atom. The van der Waals surface area contributed by atoms with E-state index in [-0.39, 0.29) is 15.3 Å². The molecule has 7 heavy (non-hydrogen) atoms. The number of hydrogen-bond acceptors (Lipinski definition) is 1. The van der Waals surface area contributed by atoms with E-state index in [9.17, 15) is 0 Å². The Labute approximate surface area is 46.3 Å². The van der Waals surface area contributed by atoms with Gasteiger partial charge in [0.15, 0.2) is 0 Å². The van der Waals surface area contributed by atoms with Gasteiger partial charge in [0.1, 0.15) is 0 Å². The third kappa shape index (κ3) is 2.36. The summed E-state index contributed by atoms with van der Waals surface area (Å²) < 4.78 is 0. The number of allylic oxidation sites excluding steroid dienone is 2. The van der Waals surface area contributed by atoms with Crippen LogP contribution in [0, 0.1) is 0 Å². The van der Waals surface area contributed by atoms with Gasteiger partial charge >= 0.3 is 0 Å². The van der Waals surface area contributed by atoms with Gasteiger partial charge in [-0.2, -0.15) is 0 Å². The first kappa shape index (κ1) is 6.66. The topological polar surface area (TPSA) is 20.2 Å². The Morgan fingerprint density at radius 2 is 1.86 bits per heavy atom. The van der Waals surface area contributed by atoms with Gasteiger partial charge in [0.25, 0.3) is 0 Å². The SMILES string of the molecule is C=CC(C=C)[Si]O. The van der Waals surface area contributed by atoms with E-state index < -0.39 is 0 Å². The lowest BCUT2D eigenvalue weighted by molar-refractivity contribution is 0.598. The van der Waals surface area contributed by atoms with Gasteiger partial charge in [0.2, 0.25) is 9.76 Å². The van der Waals surface area contributed by atoms with Crippen molar-refractivity contribution in [2.75, 3.05) is 0 Å². The van der Waals surface area contributed by atoms with E-state index >= 15 is 0 Å². The average molecular weight is 112 g/mol. The van der Waals surface area contributed by atoms with Crippen molar-refractivity contribution in [1.82, 2.24) is 0 Å². The van der Waals surface area contributed by atoms with E-state index in [2.05, 4.69) is 13.2 Å². The summed E-state index contributed by atoms with van der Waals surface area (Å²) in [5, 5.41) is 0. The van der Waals surface area contributed by atoms with E-state index in [1.165, 1.54) is 0 Å². The van der Waals surface area contributed by atoms with E-state index in [4.69, 9.17) is 4.80 Å². The molecule has 0 aromatic heterocycles. The standard InChI is InChI=1S/C5H8OSi/c1-3-5(4-2)7-6/h3-6H,1-2H2. The zero-order valence-corrected chi connectivity index (χ0v) is 5.09. The summed E-state index contributed by atoms with van der Waals surface area (Å²) in [6, 6.07) is 0. The van der Waals surface area contributed by atoms with E-state index in [1.807, 2.05) is 0 Å². The molecule has 0 spiro atoms. The first-order chi connectivity index (χ1) is 3.35. The van der Waals surface area contributed by atoms with Crippen LogP contribution < -0.4 is 0 Å². The van der Waals surface area contributed by atoms with Crippen LogP contribution in [-0.2, 0) is 0 Å². The molecule has 0 saturated carbocycles. The molecule has 1 N–H and O–H groups in total. The highest BCUT2D eigenvalue weighted by molar-refractivity contribution is 6.29. The average Bonchev–Trinajstić information content (AvgIpc) is 1.72. The van der Waals surface area contributed by atoms with Crippen LogP contribution in [0.25, 0.3) is 0 Å². The molecule has 38 valence electrons. The lowest BCUT2D eigenvalue weighted by atomic mass is 10.4. The van der Waals surface area contributed by atoms with Crippen LogP contribution in [0.5, 0.6) is 0 Å². The summed E-state index contributed by atoms with van der Waals surface area (Å²) in [6.07, 6.45) is 3.34. The maximum Gasteiger partial charge on any atom is 0.236 e. The Kier molecular flexibility index (Phi) is 3.65. The Bertz CT molecular complexity index is 62.5. The molecule has 0 atom stereocenters. The normalized spacial score (nSPS) is 8.86. The first-order valence-corrected chi connectivity index (χ1v) is 3.02. The van der Waals surface area contributed by atoms with Crippen LogP contribution >= 0.6 is 0 Å².